The molecule has 0 saturated carbocycles. The molecule has 0 bridgehead atoms. The number of ether oxygens (including phenoxy) is 2. The standard InChI is InChI=1S/C27H18O5/c1-17-6-2-5-9-22(17)27(29)32-21-12-13-23-24(15-21)30-16-25(26(23)28)31-20-11-10-18-7-3-4-8-19(18)14-20/h2-16H,1H3. The second-order valence-electron chi connectivity index (χ2n) is 7.40. The summed E-state index contributed by atoms with van der Waals surface area (Å²) in [5.41, 5.74) is 1.29. The SMILES string of the molecule is Cc1ccccc1C(=O)Oc1ccc2c(=O)c(Oc3ccc4ccccc4c3)coc2c1. The Morgan fingerprint density at radius 2 is 1.56 bits per heavy atom. The molecule has 1 heterocycles. The number of carbonyl (C=O) groups excluding carboxylic acids is 1. The van der Waals surface area contributed by atoms with Gasteiger partial charge in [0.05, 0.1) is 10.9 Å². The highest BCUT2D eigenvalue weighted by Gasteiger charge is 2.14. The lowest BCUT2D eigenvalue weighted by molar-refractivity contribution is 0.0734. The molecule has 0 aliphatic carbocycles. The van der Waals surface area contributed by atoms with Gasteiger partial charge in [-0.25, -0.2) is 4.79 Å². The molecule has 5 aromatic rings. The zero-order valence-corrected chi connectivity index (χ0v) is 17.2. The van der Waals surface area contributed by atoms with Crippen molar-refractivity contribution >= 4 is 27.7 Å². The van der Waals surface area contributed by atoms with Gasteiger partial charge in [-0.2, -0.15) is 0 Å². The van der Waals surface area contributed by atoms with Crippen LogP contribution in [-0.2, 0) is 0 Å². The Morgan fingerprint density at radius 1 is 0.812 bits per heavy atom. The van der Waals surface area contributed by atoms with E-state index in [4.69, 9.17) is 13.9 Å². The zero-order chi connectivity index (χ0) is 22.1. The molecule has 0 fully saturated rings. The fourth-order valence-corrected chi connectivity index (χ4v) is 3.55. The van der Waals surface area contributed by atoms with E-state index in [9.17, 15) is 9.59 Å². The Hall–Kier alpha value is -4.38. The number of hydrogen-bond acceptors (Lipinski definition) is 5. The molecule has 0 amide bonds. The average Bonchev–Trinajstić information content (AvgIpc) is 2.81. The third kappa shape index (κ3) is 3.72. The van der Waals surface area contributed by atoms with Crippen LogP contribution in [0.25, 0.3) is 21.7 Å². The topological polar surface area (TPSA) is 65.7 Å². The number of rotatable bonds is 4. The summed E-state index contributed by atoms with van der Waals surface area (Å²) in [6, 6.07) is 25.3. The monoisotopic (exact) mass is 422 g/mol. The van der Waals surface area contributed by atoms with Gasteiger partial charge in [-0.05, 0) is 53.6 Å². The summed E-state index contributed by atoms with van der Waals surface area (Å²) < 4.78 is 16.9. The number of aryl methyl sites for hydroxylation is 1. The van der Waals surface area contributed by atoms with E-state index in [0.717, 1.165) is 16.3 Å². The second-order valence-corrected chi connectivity index (χ2v) is 7.40. The molecule has 0 aliphatic heterocycles. The van der Waals surface area contributed by atoms with Crippen LogP contribution in [0.1, 0.15) is 15.9 Å². The molecule has 0 radical (unpaired) electrons. The molecule has 0 N–H and O–H groups in total. The van der Waals surface area contributed by atoms with Gasteiger partial charge >= 0.3 is 5.97 Å². The number of esters is 1. The first-order valence-corrected chi connectivity index (χ1v) is 10.1. The van der Waals surface area contributed by atoms with Crippen LogP contribution in [0.3, 0.4) is 0 Å². The molecule has 32 heavy (non-hydrogen) atoms. The Kier molecular flexibility index (Phi) is 4.92. The molecule has 5 rings (SSSR count). The molecule has 0 aliphatic rings. The molecular formula is C27H18O5. The molecule has 1 aromatic heterocycles. The maximum absolute atomic E-state index is 12.9. The molecular weight excluding hydrogens is 404 g/mol. The predicted octanol–water partition coefficient (Wildman–Crippen LogP) is 6.27. The van der Waals surface area contributed by atoms with Gasteiger partial charge in [0.15, 0.2) is 0 Å². The van der Waals surface area contributed by atoms with Crippen molar-refractivity contribution in [3.8, 4) is 17.2 Å². The van der Waals surface area contributed by atoms with Crippen molar-refractivity contribution in [2.45, 2.75) is 6.92 Å². The first kappa shape index (κ1) is 19.6. The number of benzene rings is 4. The van der Waals surface area contributed by atoms with Crippen LogP contribution in [0.5, 0.6) is 17.2 Å². The molecule has 156 valence electrons. The van der Waals surface area contributed by atoms with Crippen molar-refractivity contribution in [1.29, 1.82) is 0 Å². The lowest BCUT2D eigenvalue weighted by Crippen LogP contribution is -2.10. The van der Waals surface area contributed by atoms with Crippen LogP contribution in [0.4, 0.5) is 0 Å². The zero-order valence-electron chi connectivity index (χ0n) is 17.2. The molecule has 0 unspecified atom stereocenters. The first-order valence-electron chi connectivity index (χ1n) is 10.1. The van der Waals surface area contributed by atoms with Crippen LogP contribution < -0.4 is 14.9 Å². The summed E-state index contributed by atoms with van der Waals surface area (Å²) in [5, 5.41) is 2.42. The van der Waals surface area contributed by atoms with Gasteiger partial charge in [-0.3, -0.25) is 4.79 Å². The van der Waals surface area contributed by atoms with Crippen LogP contribution in [0.2, 0.25) is 0 Å². The van der Waals surface area contributed by atoms with E-state index >= 15 is 0 Å². The van der Waals surface area contributed by atoms with Crippen molar-refractivity contribution in [2.75, 3.05) is 0 Å². The number of hydrogen-bond donors (Lipinski definition) is 0. The predicted molar refractivity (Wildman–Crippen MR) is 123 cm³/mol. The second kappa shape index (κ2) is 8.04. The molecule has 0 atom stereocenters. The minimum Gasteiger partial charge on any atom is -0.460 e. The lowest BCUT2D eigenvalue weighted by Gasteiger charge is -2.09. The van der Waals surface area contributed by atoms with Crippen molar-refractivity contribution in [1.82, 2.24) is 0 Å². The summed E-state index contributed by atoms with van der Waals surface area (Å²) in [6.45, 7) is 1.84. The van der Waals surface area contributed by atoms with Gasteiger partial charge in [-0.15, -0.1) is 0 Å². The average molecular weight is 422 g/mol. The van der Waals surface area contributed by atoms with E-state index in [1.54, 1.807) is 30.3 Å². The summed E-state index contributed by atoms with van der Waals surface area (Å²) >= 11 is 0. The van der Waals surface area contributed by atoms with Crippen LogP contribution in [0, 0.1) is 6.92 Å². The van der Waals surface area contributed by atoms with Gasteiger partial charge in [-0.1, -0.05) is 48.5 Å². The molecule has 4 aromatic carbocycles. The van der Waals surface area contributed by atoms with Gasteiger partial charge in [0.25, 0.3) is 0 Å². The molecule has 0 saturated heterocycles. The van der Waals surface area contributed by atoms with E-state index in [1.165, 1.54) is 12.3 Å². The lowest BCUT2D eigenvalue weighted by atomic mass is 10.1. The fourth-order valence-electron chi connectivity index (χ4n) is 3.55. The summed E-state index contributed by atoms with van der Waals surface area (Å²) in [5.74, 6) is 0.440. The number of fused-ring (bicyclic) bond motifs is 2. The van der Waals surface area contributed by atoms with E-state index < -0.39 is 5.97 Å². The maximum Gasteiger partial charge on any atom is 0.343 e. The smallest absolute Gasteiger partial charge is 0.343 e. The third-order valence-corrected chi connectivity index (χ3v) is 5.24. The summed E-state index contributed by atoms with van der Waals surface area (Å²) in [7, 11) is 0. The van der Waals surface area contributed by atoms with E-state index in [1.807, 2.05) is 55.5 Å². The Balaban J connectivity index is 1.42. The highest BCUT2D eigenvalue weighted by molar-refractivity contribution is 5.93. The van der Waals surface area contributed by atoms with E-state index in [-0.39, 0.29) is 16.9 Å². The molecule has 5 heteroatoms. The van der Waals surface area contributed by atoms with E-state index in [0.29, 0.717) is 22.3 Å². The minimum atomic E-state index is -0.471. The minimum absolute atomic E-state index is 0.0810. The quantitative estimate of drug-likeness (QED) is 0.252. The Labute approximate surface area is 183 Å². The van der Waals surface area contributed by atoms with Gasteiger partial charge in [0, 0.05) is 6.07 Å². The fraction of sp³-hybridized carbons (Fsp3) is 0.0370. The summed E-state index contributed by atoms with van der Waals surface area (Å²) in [4.78, 5) is 25.4. The van der Waals surface area contributed by atoms with Gasteiger partial charge in [0.2, 0.25) is 11.2 Å². The molecule has 0 spiro atoms. The first-order chi connectivity index (χ1) is 15.6. The molecule has 5 nitrogen and oxygen atoms in total. The highest BCUT2D eigenvalue weighted by atomic mass is 16.5. The third-order valence-electron chi connectivity index (χ3n) is 5.24. The van der Waals surface area contributed by atoms with E-state index in [2.05, 4.69) is 0 Å². The van der Waals surface area contributed by atoms with Gasteiger partial charge < -0.3 is 13.9 Å². The Bertz CT molecular complexity index is 1530. The van der Waals surface area contributed by atoms with Crippen molar-refractivity contribution < 1.29 is 18.7 Å². The summed E-state index contributed by atoms with van der Waals surface area (Å²) in [6.07, 6.45) is 1.27. The van der Waals surface area contributed by atoms with Gasteiger partial charge in [0.1, 0.15) is 23.3 Å². The van der Waals surface area contributed by atoms with Crippen molar-refractivity contribution in [3.05, 3.63) is 113 Å². The van der Waals surface area contributed by atoms with Crippen LogP contribution >= 0.6 is 0 Å². The van der Waals surface area contributed by atoms with Crippen LogP contribution in [-0.4, -0.2) is 5.97 Å². The van der Waals surface area contributed by atoms with Crippen LogP contribution in [0.15, 0.2) is 100 Å². The van der Waals surface area contributed by atoms with Crippen molar-refractivity contribution in [2.24, 2.45) is 0 Å². The largest absolute Gasteiger partial charge is 0.460 e. The normalized spacial score (nSPS) is 10.9. The maximum atomic E-state index is 12.9. The van der Waals surface area contributed by atoms with Crippen molar-refractivity contribution in [3.63, 3.8) is 0 Å². The number of carbonyl (C=O) groups is 1. The Morgan fingerprint density at radius 3 is 2.41 bits per heavy atom. The highest BCUT2D eigenvalue weighted by Crippen LogP contribution is 2.27.